The van der Waals surface area contributed by atoms with E-state index in [-0.39, 0.29) is 21.7 Å². The van der Waals surface area contributed by atoms with Crippen LogP contribution < -0.4 is 41.3 Å². The molecule has 0 saturated heterocycles. The Morgan fingerprint density at radius 3 is 1.06 bits per heavy atom. The molecule has 14 heteroatoms. The zero-order valence-electron chi connectivity index (χ0n) is 37.0. The highest BCUT2D eigenvalue weighted by molar-refractivity contribution is 7.80. The standard InChI is InChI=1S/C52H54N6O6S2/c1-33(55-57-51(53)65)35-17-21-45(22-18-35)61-25-7-27-63-49-41-13-5-14-42(49)30-38-10-4-12-40(48(38)60)32-44-16-6-15-43(31-39-11-3-9-37(29-41)47(39)59)50(44)64-28-8-26-62-46-23-19-36(20-24-46)34(2)56-58-52(54)66/h3-6,9-24,59-60H,7-8,25-32H2,1-2H3,(H3,53,57,65)(H3,54,58,66)/b55-33+,56-34+. The van der Waals surface area contributed by atoms with E-state index in [0.717, 1.165) is 90.1 Å². The first kappa shape index (κ1) is 46.8. The van der Waals surface area contributed by atoms with Crippen LogP contribution in [-0.2, 0) is 25.7 Å². The lowest BCUT2D eigenvalue weighted by atomic mass is 9.91. The average molecular weight is 923 g/mol. The third-order valence-electron chi connectivity index (χ3n) is 11.1. The smallest absolute Gasteiger partial charge is 0.184 e. The summed E-state index contributed by atoms with van der Waals surface area (Å²) >= 11 is 9.68. The molecule has 0 amide bonds. The fourth-order valence-electron chi connectivity index (χ4n) is 7.72. The van der Waals surface area contributed by atoms with Crippen LogP contribution in [0.4, 0.5) is 0 Å². The Morgan fingerprint density at radius 2 is 0.758 bits per heavy atom. The molecule has 1 aliphatic carbocycles. The highest BCUT2D eigenvalue weighted by Gasteiger charge is 2.20. The third-order valence-corrected chi connectivity index (χ3v) is 11.3. The number of nitrogens with two attached hydrogens (primary N) is 2. The van der Waals surface area contributed by atoms with Gasteiger partial charge in [0.1, 0.15) is 34.5 Å². The maximum Gasteiger partial charge on any atom is 0.184 e. The maximum absolute atomic E-state index is 11.9. The van der Waals surface area contributed by atoms with Crippen LogP contribution in [0.5, 0.6) is 34.5 Å². The van der Waals surface area contributed by atoms with Crippen molar-refractivity contribution >= 4 is 46.1 Å². The molecule has 8 N–H and O–H groups in total. The summed E-state index contributed by atoms with van der Waals surface area (Å²) in [5.41, 5.74) is 26.4. The number of hydrazone groups is 2. The second kappa shape index (κ2) is 22.6. The SMILES string of the molecule is C/C(=N\NC(N)=S)c1ccc(OCCCOc2c3cccc2Cc2cccc(c2O)Cc2cccc(c2OCCCOc2ccc(/C(C)=N/NC(N)=S)cc2)Cc2cccc(c2O)C3)cc1. The Hall–Kier alpha value is -7.16. The van der Waals surface area contributed by atoms with Crippen LogP contribution in [0.2, 0.25) is 0 Å². The van der Waals surface area contributed by atoms with Crippen molar-refractivity contribution in [2.24, 2.45) is 21.7 Å². The Kier molecular flexibility index (Phi) is 16.1. The molecular weight excluding hydrogens is 869 g/mol. The van der Waals surface area contributed by atoms with Gasteiger partial charge in [-0.25, -0.2) is 0 Å². The van der Waals surface area contributed by atoms with E-state index in [1.54, 1.807) is 0 Å². The molecule has 0 aromatic heterocycles. The molecule has 0 atom stereocenters. The van der Waals surface area contributed by atoms with Crippen LogP contribution in [-0.4, -0.2) is 58.3 Å². The van der Waals surface area contributed by atoms with Gasteiger partial charge in [-0.1, -0.05) is 72.8 Å². The summed E-state index contributed by atoms with van der Waals surface area (Å²) in [6.07, 6.45) is 3.00. The van der Waals surface area contributed by atoms with Crippen LogP contribution in [0, 0.1) is 0 Å². The van der Waals surface area contributed by atoms with E-state index in [2.05, 4.69) is 21.1 Å². The number of benzene rings is 6. The van der Waals surface area contributed by atoms with E-state index in [9.17, 15) is 10.2 Å². The topological polar surface area (TPSA) is 178 Å². The molecule has 0 radical (unpaired) electrons. The van der Waals surface area contributed by atoms with E-state index in [0.29, 0.717) is 65.0 Å². The molecule has 0 unspecified atom stereocenters. The van der Waals surface area contributed by atoms with Gasteiger partial charge in [-0.15, -0.1) is 0 Å². The maximum atomic E-state index is 11.9. The number of rotatable bonds is 16. The number of fused-ring (bicyclic) bond motifs is 8. The predicted molar refractivity (Wildman–Crippen MR) is 269 cm³/mol. The summed E-state index contributed by atoms with van der Waals surface area (Å²) in [4.78, 5) is 0. The molecule has 8 bridgehead atoms. The molecule has 6 aromatic rings. The summed E-state index contributed by atoms with van der Waals surface area (Å²) in [5, 5.41) is 32.3. The molecule has 12 nitrogen and oxygen atoms in total. The molecule has 66 heavy (non-hydrogen) atoms. The Bertz CT molecular complexity index is 2450. The number of nitrogens with one attached hydrogen (secondary N) is 2. The van der Waals surface area contributed by atoms with E-state index in [1.165, 1.54) is 0 Å². The van der Waals surface area contributed by atoms with Crippen molar-refractivity contribution in [3.63, 3.8) is 0 Å². The van der Waals surface area contributed by atoms with E-state index in [4.69, 9.17) is 54.9 Å². The van der Waals surface area contributed by atoms with Crippen molar-refractivity contribution in [1.29, 1.82) is 0 Å². The Labute approximate surface area is 396 Å². The van der Waals surface area contributed by atoms with Crippen molar-refractivity contribution in [2.75, 3.05) is 26.4 Å². The summed E-state index contributed by atoms with van der Waals surface area (Å²) in [6, 6.07) is 39.2. The molecule has 6 aromatic carbocycles. The Balaban J connectivity index is 1.06. The van der Waals surface area contributed by atoms with Gasteiger partial charge >= 0.3 is 0 Å². The van der Waals surface area contributed by atoms with Crippen LogP contribution in [0.25, 0.3) is 0 Å². The number of phenols is 2. The highest BCUT2D eigenvalue weighted by Crippen LogP contribution is 2.38. The number of thiocarbonyl (C=S) groups is 2. The number of hydrogen-bond acceptors (Lipinski definition) is 10. The first-order valence-electron chi connectivity index (χ1n) is 21.7. The average Bonchev–Trinajstić information content (AvgIpc) is 3.31. The number of aromatic hydroxyl groups is 2. The minimum absolute atomic E-state index is 0.107. The van der Waals surface area contributed by atoms with Gasteiger partial charge in [-0.3, -0.25) is 10.9 Å². The lowest BCUT2D eigenvalue weighted by Gasteiger charge is -2.20. The van der Waals surface area contributed by atoms with E-state index >= 15 is 0 Å². The molecule has 0 heterocycles. The van der Waals surface area contributed by atoms with Gasteiger partial charge < -0.3 is 40.6 Å². The van der Waals surface area contributed by atoms with Crippen molar-refractivity contribution in [2.45, 2.75) is 52.4 Å². The number of phenolic OH excluding ortho intramolecular Hbond substituents is 2. The van der Waals surface area contributed by atoms with E-state index in [1.807, 2.05) is 135 Å². The minimum atomic E-state index is 0.107. The fraction of sp³-hybridized carbons (Fsp3) is 0.231. The largest absolute Gasteiger partial charge is 0.507 e. The number of para-hydroxylation sites is 4. The number of nitrogens with zero attached hydrogens (tertiary/aromatic N) is 2. The number of ether oxygens (including phenoxy) is 4. The van der Waals surface area contributed by atoms with Gasteiger partial charge in [-0.05, 0) is 142 Å². The lowest BCUT2D eigenvalue weighted by Crippen LogP contribution is -2.25. The zero-order chi connectivity index (χ0) is 46.4. The fourth-order valence-corrected chi connectivity index (χ4v) is 7.81. The van der Waals surface area contributed by atoms with Gasteiger partial charge in [0.25, 0.3) is 0 Å². The van der Waals surface area contributed by atoms with Crippen molar-refractivity contribution in [1.82, 2.24) is 10.9 Å². The molecule has 0 saturated carbocycles. The summed E-state index contributed by atoms with van der Waals surface area (Å²) in [6.45, 7) is 5.40. The monoisotopic (exact) mass is 922 g/mol. The highest BCUT2D eigenvalue weighted by atomic mass is 32.1. The predicted octanol–water partition coefficient (Wildman–Crippen LogP) is 8.58. The Morgan fingerprint density at radius 1 is 0.470 bits per heavy atom. The normalized spacial score (nSPS) is 12.5. The van der Waals surface area contributed by atoms with Gasteiger partial charge in [0, 0.05) is 38.5 Å². The molecule has 0 spiro atoms. The summed E-state index contributed by atoms with van der Waals surface area (Å²) < 4.78 is 25.3. The molecule has 7 rings (SSSR count). The summed E-state index contributed by atoms with van der Waals surface area (Å²) in [5.74, 6) is 3.40. The first-order chi connectivity index (χ1) is 32.0. The van der Waals surface area contributed by atoms with Crippen LogP contribution in [0.15, 0.2) is 132 Å². The third kappa shape index (κ3) is 12.5. The van der Waals surface area contributed by atoms with Crippen LogP contribution in [0.3, 0.4) is 0 Å². The van der Waals surface area contributed by atoms with E-state index < -0.39 is 0 Å². The molecule has 340 valence electrons. The molecule has 1 aliphatic rings. The first-order valence-corrected chi connectivity index (χ1v) is 22.6. The van der Waals surface area contributed by atoms with Gasteiger partial charge in [0.2, 0.25) is 0 Å². The minimum Gasteiger partial charge on any atom is -0.507 e. The van der Waals surface area contributed by atoms with Gasteiger partial charge in [-0.2, -0.15) is 10.2 Å². The van der Waals surface area contributed by atoms with Crippen LogP contribution in [0.1, 0.15) is 82.3 Å². The quantitative estimate of drug-likeness (QED) is 0.0236. The van der Waals surface area contributed by atoms with Gasteiger partial charge in [0.05, 0.1) is 37.9 Å². The molecular formula is C52H54N6O6S2. The zero-order valence-corrected chi connectivity index (χ0v) is 38.6. The second-order valence-electron chi connectivity index (χ2n) is 15.9. The molecule has 0 fully saturated rings. The number of hydrogen-bond donors (Lipinski definition) is 6. The van der Waals surface area contributed by atoms with Crippen LogP contribution >= 0.6 is 24.4 Å². The lowest BCUT2D eigenvalue weighted by molar-refractivity contribution is 0.245. The van der Waals surface area contributed by atoms with Crippen molar-refractivity contribution < 1.29 is 29.2 Å². The molecule has 0 aliphatic heterocycles. The van der Waals surface area contributed by atoms with Crippen molar-refractivity contribution in [3.05, 3.63) is 177 Å². The van der Waals surface area contributed by atoms with Gasteiger partial charge in [0.15, 0.2) is 10.2 Å². The van der Waals surface area contributed by atoms with Crippen molar-refractivity contribution in [3.8, 4) is 34.5 Å². The second-order valence-corrected chi connectivity index (χ2v) is 16.7. The summed E-state index contributed by atoms with van der Waals surface area (Å²) in [7, 11) is 0.